The predicted octanol–water partition coefficient (Wildman–Crippen LogP) is 2.21. The summed E-state index contributed by atoms with van der Waals surface area (Å²) in [5.41, 5.74) is 2.63. The number of likely N-dealkylation sites (tertiary alicyclic amines) is 1. The van der Waals surface area contributed by atoms with Crippen molar-refractivity contribution < 1.29 is 5.11 Å². The standard InChI is InChI=1S/C14H21NO/c16-10-7-13-5-4-6-14(11-13)12-15-8-2-1-3-9-15/h4-6,11,16H,1-3,7-10,12H2. The largest absolute Gasteiger partial charge is 0.396 e. The highest BCUT2D eigenvalue weighted by Gasteiger charge is 2.10. The first-order valence-electron chi connectivity index (χ1n) is 6.29. The molecule has 0 aliphatic carbocycles. The zero-order chi connectivity index (χ0) is 11.2. The van der Waals surface area contributed by atoms with Crippen molar-refractivity contribution in [2.24, 2.45) is 0 Å². The third-order valence-corrected chi connectivity index (χ3v) is 3.25. The van der Waals surface area contributed by atoms with Gasteiger partial charge < -0.3 is 5.11 Å². The van der Waals surface area contributed by atoms with Crippen LogP contribution in [0.2, 0.25) is 0 Å². The number of hydrogen-bond acceptors (Lipinski definition) is 2. The smallest absolute Gasteiger partial charge is 0.0471 e. The molecule has 0 bridgehead atoms. The highest BCUT2D eigenvalue weighted by Crippen LogP contribution is 2.14. The van der Waals surface area contributed by atoms with Gasteiger partial charge in [0.1, 0.15) is 0 Å². The lowest BCUT2D eigenvalue weighted by Crippen LogP contribution is -2.29. The molecule has 0 saturated carbocycles. The first-order chi connectivity index (χ1) is 7.88. The number of nitrogens with zero attached hydrogens (tertiary/aromatic N) is 1. The zero-order valence-electron chi connectivity index (χ0n) is 9.86. The lowest BCUT2D eigenvalue weighted by Gasteiger charge is -2.26. The number of aliphatic hydroxyl groups is 1. The maximum atomic E-state index is 8.92. The van der Waals surface area contributed by atoms with Crippen LogP contribution in [-0.2, 0) is 13.0 Å². The Labute approximate surface area is 97.9 Å². The third kappa shape index (κ3) is 3.32. The van der Waals surface area contributed by atoms with Crippen LogP contribution in [-0.4, -0.2) is 29.7 Å². The van der Waals surface area contributed by atoms with E-state index >= 15 is 0 Å². The van der Waals surface area contributed by atoms with E-state index in [0.717, 1.165) is 13.0 Å². The quantitative estimate of drug-likeness (QED) is 0.839. The van der Waals surface area contributed by atoms with Gasteiger partial charge in [0.15, 0.2) is 0 Å². The average Bonchev–Trinajstić information content (AvgIpc) is 2.31. The van der Waals surface area contributed by atoms with Gasteiger partial charge in [-0.15, -0.1) is 0 Å². The van der Waals surface area contributed by atoms with E-state index in [1.54, 1.807) is 0 Å². The minimum Gasteiger partial charge on any atom is -0.396 e. The summed E-state index contributed by atoms with van der Waals surface area (Å²) >= 11 is 0. The molecular weight excluding hydrogens is 198 g/mol. The molecule has 16 heavy (non-hydrogen) atoms. The Morgan fingerprint density at radius 2 is 1.81 bits per heavy atom. The fourth-order valence-corrected chi connectivity index (χ4v) is 2.39. The summed E-state index contributed by atoms with van der Waals surface area (Å²) in [6.07, 6.45) is 4.85. The fourth-order valence-electron chi connectivity index (χ4n) is 2.39. The minimum atomic E-state index is 0.243. The molecule has 0 unspecified atom stereocenters. The molecule has 2 rings (SSSR count). The van der Waals surface area contributed by atoms with Gasteiger partial charge in [-0.05, 0) is 43.5 Å². The topological polar surface area (TPSA) is 23.5 Å². The van der Waals surface area contributed by atoms with Crippen LogP contribution in [0, 0.1) is 0 Å². The summed E-state index contributed by atoms with van der Waals surface area (Å²) in [6, 6.07) is 8.61. The molecule has 1 aromatic carbocycles. The molecule has 0 amide bonds. The molecule has 1 fully saturated rings. The minimum absolute atomic E-state index is 0.243. The highest BCUT2D eigenvalue weighted by atomic mass is 16.2. The van der Waals surface area contributed by atoms with E-state index in [0.29, 0.717) is 0 Å². The zero-order valence-corrected chi connectivity index (χ0v) is 9.86. The van der Waals surface area contributed by atoms with Crippen molar-refractivity contribution in [3.8, 4) is 0 Å². The first-order valence-corrected chi connectivity index (χ1v) is 6.29. The van der Waals surface area contributed by atoms with Crippen molar-refractivity contribution in [1.29, 1.82) is 0 Å². The van der Waals surface area contributed by atoms with Gasteiger partial charge >= 0.3 is 0 Å². The lowest BCUT2D eigenvalue weighted by molar-refractivity contribution is 0.221. The summed E-state index contributed by atoms with van der Waals surface area (Å²) in [4.78, 5) is 2.53. The molecule has 0 radical (unpaired) electrons. The van der Waals surface area contributed by atoms with Gasteiger partial charge in [-0.25, -0.2) is 0 Å². The number of benzene rings is 1. The van der Waals surface area contributed by atoms with Gasteiger partial charge in [-0.3, -0.25) is 4.90 Å². The van der Waals surface area contributed by atoms with Gasteiger partial charge in [0, 0.05) is 13.2 Å². The van der Waals surface area contributed by atoms with Crippen molar-refractivity contribution in [3.05, 3.63) is 35.4 Å². The van der Waals surface area contributed by atoms with E-state index in [2.05, 4.69) is 29.2 Å². The van der Waals surface area contributed by atoms with Gasteiger partial charge in [0.05, 0.1) is 0 Å². The van der Waals surface area contributed by atoms with Crippen LogP contribution in [0.1, 0.15) is 30.4 Å². The fraction of sp³-hybridized carbons (Fsp3) is 0.571. The van der Waals surface area contributed by atoms with E-state index in [1.165, 1.54) is 43.5 Å². The van der Waals surface area contributed by atoms with E-state index in [4.69, 9.17) is 5.11 Å². The second kappa shape index (κ2) is 6.02. The summed E-state index contributed by atoms with van der Waals surface area (Å²) in [7, 11) is 0. The Hall–Kier alpha value is -0.860. The van der Waals surface area contributed by atoms with E-state index in [1.807, 2.05) is 0 Å². The maximum absolute atomic E-state index is 8.92. The van der Waals surface area contributed by atoms with Crippen molar-refractivity contribution in [2.45, 2.75) is 32.2 Å². The van der Waals surface area contributed by atoms with Crippen LogP contribution in [0.4, 0.5) is 0 Å². The van der Waals surface area contributed by atoms with Crippen LogP contribution < -0.4 is 0 Å². The summed E-state index contributed by atoms with van der Waals surface area (Å²) in [6.45, 7) is 3.79. The molecule has 1 heterocycles. The van der Waals surface area contributed by atoms with Crippen molar-refractivity contribution in [2.75, 3.05) is 19.7 Å². The van der Waals surface area contributed by atoms with Gasteiger partial charge in [0.2, 0.25) is 0 Å². The Balaban J connectivity index is 1.94. The predicted molar refractivity (Wildman–Crippen MR) is 66.4 cm³/mol. The molecule has 1 aliphatic rings. The SMILES string of the molecule is OCCc1cccc(CN2CCCCC2)c1. The van der Waals surface area contributed by atoms with Gasteiger partial charge in [-0.1, -0.05) is 30.7 Å². The van der Waals surface area contributed by atoms with Gasteiger partial charge in [-0.2, -0.15) is 0 Å². The van der Waals surface area contributed by atoms with E-state index in [9.17, 15) is 0 Å². The molecule has 0 atom stereocenters. The van der Waals surface area contributed by atoms with Crippen LogP contribution in [0.3, 0.4) is 0 Å². The first kappa shape index (κ1) is 11.6. The van der Waals surface area contributed by atoms with Crippen molar-refractivity contribution >= 4 is 0 Å². The molecule has 2 nitrogen and oxygen atoms in total. The normalized spacial score (nSPS) is 17.6. The van der Waals surface area contributed by atoms with Crippen molar-refractivity contribution in [3.63, 3.8) is 0 Å². The number of piperidine rings is 1. The Kier molecular flexibility index (Phi) is 4.37. The molecule has 1 aliphatic heterocycles. The molecule has 1 N–H and O–H groups in total. The lowest BCUT2D eigenvalue weighted by atomic mass is 10.1. The van der Waals surface area contributed by atoms with Gasteiger partial charge in [0.25, 0.3) is 0 Å². The molecule has 0 aromatic heterocycles. The monoisotopic (exact) mass is 219 g/mol. The van der Waals surface area contributed by atoms with Crippen molar-refractivity contribution in [1.82, 2.24) is 4.90 Å². The molecular formula is C14H21NO. The van der Waals surface area contributed by atoms with E-state index in [-0.39, 0.29) is 6.61 Å². The Bertz CT molecular complexity index is 318. The third-order valence-electron chi connectivity index (χ3n) is 3.25. The highest BCUT2D eigenvalue weighted by molar-refractivity contribution is 5.23. The number of aliphatic hydroxyl groups excluding tert-OH is 1. The molecule has 88 valence electrons. The summed E-state index contributed by atoms with van der Waals surface area (Å²) in [5, 5.41) is 8.92. The second-order valence-electron chi connectivity index (χ2n) is 4.63. The molecule has 1 saturated heterocycles. The second-order valence-corrected chi connectivity index (χ2v) is 4.63. The molecule has 2 heteroatoms. The number of rotatable bonds is 4. The molecule has 0 spiro atoms. The summed E-state index contributed by atoms with van der Waals surface area (Å²) < 4.78 is 0. The van der Waals surface area contributed by atoms with Crippen LogP contribution in [0.25, 0.3) is 0 Å². The number of hydrogen-bond donors (Lipinski definition) is 1. The summed E-state index contributed by atoms with van der Waals surface area (Å²) in [5.74, 6) is 0. The Morgan fingerprint density at radius 3 is 2.56 bits per heavy atom. The van der Waals surface area contributed by atoms with Crippen LogP contribution in [0.15, 0.2) is 24.3 Å². The van der Waals surface area contributed by atoms with Crippen LogP contribution >= 0.6 is 0 Å². The van der Waals surface area contributed by atoms with E-state index < -0.39 is 0 Å². The maximum Gasteiger partial charge on any atom is 0.0471 e. The van der Waals surface area contributed by atoms with Crippen LogP contribution in [0.5, 0.6) is 0 Å². The average molecular weight is 219 g/mol. The Morgan fingerprint density at radius 1 is 1.06 bits per heavy atom. The molecule has 1 aromatic rings.